The molecule has 3 nitrogen and oxygen atoms in total. The van der Waals surface area contributed by atoms with Crippen molar-refractivity contribution in [1.29, 1.82) is 0 Å². The number of hydrogen-bond donors (Lipinski definition) is 1. The summed E-state index contributed by atoms with van der Waals surface area (Å²) in [4.78, 5) is 22.9. The SMILES string of the molecule is CC(=O)c1ccc(NC(=O)Cc2ccc(F)c(F)c2)cc1. The first kappa shape index (κ1) is 14.8. The van der Waals surface area contributed by atoms with Gasteiger partial charge in [0, 0.05) is 11.3 Å². The Bertz CT molecular complexity index is 681. The molecule has 2 aromatic carbocycles. The molecule has 0 heterocycles. The van der Waals surface area contributed by atoms with Crippen molar-refractivity contribution in [3.8, 4) is 0 Å². The van der Waals surface area contributed by atoms with Crippen molar-refractivity contribution in [2.75, 3.05) is 5.32 Å². The summed E-state index contributed by atoms with van der Waals surface area (Å²) < 4.78 is 25.8. The van der Waals surface area contributed by atoms with Crippen LogP contribution in [0.15, 0.2) is 42.5 Å². The Balaban J connectivity index is 2.01. The van der Waals surface area contributed by atoms with Crippen LogP contribution in [0.1, 0.15) is 22.8 Å². The van der Waals surface area contributed by atoms with Crippen molar-refractivity contribution < 1.29 is 18.4 Å². The van der Waals surface area contributed by atoms with Gasteiger partial charge in [0.1, 0.15) is 0 Å². The number of amides is 1. The third-order valence-electron chi connectivity index (χ3n) is 2.92. The van der Waals surface area contributed by atoms with Crippen molar-refractivity contribution in [3.05, 3.63) is 65.2 Å². The number of rotatable bonds is 4. The number of benzene rings is 2. The van der Waals surface area contributed by atoms with E-state index in [0.29, 0.717) is 16.8 Å². The number of ketones is 1. The van der Waals surface area contributed by atoms with E-state index in [0.717, 1.165) is 12.1 Å². The molecular formula is C16H13F2NO2. The van der Waals surface area contributed by atoms with E-state index < -0.39 is 11.6 Å². The molecule has 0 aliphatic rings. The molecule has 0 atom stereocenters. The second-order valence-electron chi connectivity index (χ2n) is 4.61. The number of carbonyl (C=O) groups excluding carboxylic acids is 2. The molecule has 2 aromatic rings. The average molecular weight is 289 g/mol. The molecule has 0 aliphatic carbocycles. The minimum Gasteiger partial charge on any atom is -0.326 e. The van der Waals surface area contributed by atoms with Crippen LogP contribution in [0.3, 0.4) is 0 Å². The van der Waals surface area contributed by atoms with Crippen LogP contribution in [0.2, 0.25) is 0 Å². The van der Waals surface area contributed by atoms with Crippen molar-refractivity contribution >= 4 is 17.4 Å². The Kier molecular flexibility index (Phi) is 4.42. The van der Waals surface area contributed by atoms with Crippen LogP contribution < -0.4 is 5.32 Å². The first-order valence-corrected chi connectivity index (χ1v) is 6.30. The monoisotopic (exact) mass is 289 g/mol. The van der Waals surface area contributed by atoms with Crippen molar-refractivity contribution in [2.24, 2.45) is 0 Å². The minimum atomic E-state index is -0.980. The Morgan fingerprint density at radius 1 is 1.00 bits per heavy atom. The Hall–Kier alpha value is -2.56. The predicted molar refractivity (Wildman–Crippen MR) is 75.1 cm³/mol. The topological polar surface area (TPSA) is 46.2 Å². The molecule has 0 radical (unpaired) electrons. The summed E-state index contributed by atoms with van der Waals surface area (Å²) in [5.74, 6) is -2.34. The van der Waals surface area contributed by atoms with Gasteiger partial charge in [0.15, 0.2) is 17.4 Å². The van der Waals surface area contributed by atoms with Crippen LogP contribution in [0.25, 0.3) is 0 Å². The third kappa shape index (κ3) is 3.95. The minimum absolute atomic E-state index is 0.0605. The summed E-state index contributed by atoms with van der Waals surface area (Å²) in [6.07, 6.45) is -0.0638. The molecule has 1 amide bonds. The molecule has 0 bridgehead atoms. The lowest BCUT2D eigenvalue weighted by molar-refractivity contribution is -0.115. The van der Waals surface area contributed by atoms with E-state index in [1.165, 1.54) is 13.0 Å². The highest BCUT2D eigenvalue weighted by molar-refractivity contribution is 5.96. The van der Waals surface area contributed by atoms with Crippen molar-refractivity contribution in [3.63, 3.8) is 0 Å². The standard InChI is InChI=1S/C16H13F2NO2/c1-10(20)12-3-5-13(6-4-12)19-16(21)9-11-2-7-14(17)15(18)8-11/h2-8H,9H2,1H3,(H,19,21). The van der Waals surface area contributed by atoms with E-state index in [9.17, 15) is 18.4 Å². The lowest BCUT2D eigenvalue weighted by atomic mass is 10.1. The van der Waals surface area contributed by atoms with Crippen LogP contribution in [0.4, 0.5) is 14.5 Å². The van der Waals surface area contributed by atoms with E-state index in [-0.39, 0.29) is 18.1 Å². The van der Waals surface area contributed by atoms with Gasteiger partial charge in [-0.15, -0.1) is 0 Å². The van der Waals surface area contributed by atoms with Gasteiger partial charge in [0.25, 0.3) is 0 Å². The Morgan fingerprint density at radius 3 is 2.24 bits per heavy atom. The number of hydrogen-bond acceptors (Lipinski definition) is 2. The molecule has 0 spiro atoms. The van der Waals surface area contributed by atoms with Crippen molar-refractivity contribution in [1.82, 2.24) is 0 Å². The van der Waals surface area contributed by atoms with Crippen LogP contribution in [-0.2, 0) is 11.2 Å². The fraction of sp³-hybridized carbons (Fsp3) is 0.125. The molecule has 108 valence electrons. The van der Waals surface area contributed by atoms with Crippen LogP contribution >= 0.6 is 0 Å². The highest BCUT2D eigenvalue weighted by atomic mass is 19.2. The average Bonchev–Trinajstić information content (AvgIpc) is 2.43. The Morgan fingerprint density at radius 2 is 1.67 bits per heavy atom. The number of carbonyl (C=O) groups is 2. The third-order valence-corrected chi connectivity index (χ3v) is 2.92. The first-order chi connectivity index (χ1) is 9.95. The summed E-state index contributed by atoms with van der Waals surface area (Å²) in [7, 11) is 0. The highest BCUT2D eigenvalue weighted by Gasteiger charge is 2.08. The van der Waals surface area contributed by atoms with E-state index in [4.69, 9.17) is 0 Å². The summed E-state index contributed by atoms with van der Waals surface area (Å²) in [6, 6.07) is 9.77. The molecule has 0 unspecified atom stereocenters. The fourth-order valence-electron chi connectivity index (χ4n) is 1.83. The summed E-state index contributed by atoms with van der Waals surface area (Å²) in [5, 5.41) is 2.62. The number of nitrogens with one attached hydrogen (secondary N) is 1. The van der Waals surface area contributed by atoms with Gasteiger partial charge < -0.3 is 5.32 Å². The lowest BCUT2D eigenvalue weighted by Crippen LogP contribution is -2.14. The Labute approximate surface area is 120 Å². The normalized spacial score (nSPS) is 10.2. The van der Waals surface area contributed by atoms with Gasteiger partial charge in [0.2, 0.25) is 5.91 Å². The lowest BCUT2D eigenvalue weighted by Gasteiger charge is -2.06. The van der Waals surface area contributed by atoms with Gasteiger partial charge in [-0.1, -0.05) is 6.07 Å². The molecule has 1 N–H and O–H groups in total. The van der Waals surface area contributed by atoms with E-state index in [1.54, 1.807) is 24.3 Å². The zero-order valence-corrected chi connectivity index (χ0v) is 11.3. The van der Waals surface area contributed by atoms with Gasteiger partial charge in [0.05, 0.1) is 6.42 Å². The molecule has 0 aliphatic heterocycles. The quantitative estimate of drug-likeness (QED) is 0.877. The predicted octanol–water partition coefficient (Wildman–Crippen LogP) is 3.35. The zero-order valence-electron chi connectivity index (χ0n) is 11.3. The van der Waals surface area contributed by atoms with Gasteiger partial charge >= 0.3 is 0 Å². The molecular weight excluding hydrogens is 276 g/mol. The van der Waals surface area contributed by atoms with E-state index >= 15 is 0 Å². The van der Waals surface area contributed by atoms with Gasteiger partial charge in [-0.2, -0.15) is 0 Å². The molecule has 0 fully saturated rings. The molecule has 5 heteroatoms. The highest BCUT2D eigenvalue weighted by Crippen LogP contribution is 2.12. The number of anilines is 1. The van der Waals surface area contributed by atoms with Crippen LogP contribution in [0.5, 0.6) is 0 Å². The second kappa shape index (κ2) is 6.26. The van der Waals surface area contributed by atoms with E-state index in [1.807, 2.05) is 0 Å². The largest absolute Gasteiger partial charge is 0.326 e. The summed E-state index contributed by atoms with van der Waals surface area (Å²) in [6.45, 7) is 1.46. The molecule has 0 saturated carbocycles. The molecule has 0 aromatic heterocycles. The second-order valence-corrected chi connectivity index (χ2v) is 4.61. The van der Waals surface area contributed by atoms with E-state index in [2.05, 4.69) is 5.32 Å². The maximum absolute atomic E-state index is 13.0. The van der Waals surface area contributed by atoms with Crippen LogP contribution in [-0.4, -0.2) is 11.7 Å². The van der Waals surface area contributed by atoms with Crippen molar-refractivity contribution in [2.45, 2.75) is 13.3 Å². The summed E-state index contributed by atoms with van der Waals surface area (Å²) >= 11 is 0. The van der Waals surface area contributed by atoms with Gasteiger partial charge in [-0.25, -0.2) is 8.78 Å². The zero-order chi connectivity index (χ0) is 15.4. The maximum Gasteiger partial charge on any atom is 0.228 e. The summed E-state index contributed by atoms with van der Waals surface area (Å²) in [5.41, 5.74) is 1.47. The molecule has 21 heavy (non-hydrogen) atoms. The first-order valence-electron chi connectivity index (χ1n) is 6.30. The molecule has 2 rings (SSSR count). The molecule has 0 saturated heterocycles. The maximum atomic E-state index is 13.0. The smallest absolute Gasteiger partial charge is 0.228 e. The number of Topliss-reactive ketones (excluding diaryl/α,β-unsaturated/α-hetero) is 1. The fourth-order valence-corrected chi connectivity index (χ4v) is 1.83. The van der Waals surface area contributed by atoms with Crippen LogP contribution in [0, 0.1) is 11.6 Å². The van der Waals surface area contributed by atoms with Gasteiger partial charge in [-0.05, 0) is 48.9 Å². The van der Waals surface area contributed by atoms with Gasteiger partial charge in [-0.3, -0.25) is 9.59 Å². The number of halogens is 2.